The Kier molecular flexibility index (Phi) is 2.88. The summed E-state index contributed by atoms with van der Waals surface area (Å²) in [5.41, 5.74) is 13.3. The lowest BCUT2D eigenvalue weighted by atomic mass is 10.0. The summed E-state index contributed by atoms with van der Waals surface area (Å²) in [6.07, 6.45) is 0.996. The van der Waals surface area contributed by atoms with E-state index in [0.29, 0.717) is 31.8 Å². The maximum absolute atomic E-state index is 5.64. The van der Waals surface area contributed by atoms with E-state index in [1.807, 2.05) is 12.1 Å². The number of hydrogen-bond donors (Lipinski definition) is 3. The van der Waals surface area contributed by atoms with Crippen molar-refractivity contribution in [3.05, 3.63) is 23.8 Å². The van der Waals surface area contributed by atoms with Gasteiger partial charge in [0.25, 0.3) is 0 Å². The molecule has 0 aromatic heterocycles. The second kappa shape index (κ2) is 4.52. The van der Waals surface area contributed by atoms with Gasteiger partial charge in [0.2, 0.25) is 0 Å². The van der Waals surface area contributed by atoms with Gasteiger partial charge < -0.3 is 15.2 Å². The van der Waals surface area contributed by atoms with Crippen LogP contribution in [0.1, 0.15) is 18.0 Å². The molecule has 2 atom stereocenters. The number of fused-ring (bicyclic) bond motifs is 1. The van der Waals surface area contributed by atoms with E-state index in [2.05, 4.69) is 16.9 Å². The highest BCUT2D eigenvalue weighted by atomic mass is 16.6. The van der Waals surface area contributed by atoms with Crippen LogP contribution in [0, 0.1) is 0 Å². The Morgan fingerprint density at radius 1 is 1.18 bits per heavy atom. The van der Waals surface area contributed by atoms with Crippen LogP contribution < -0.4 is 26.1 Å². The van der Waals surface area contributed by atoms with E-state index >= 15 is 0 Å². The molecular weight excluding hydrogens is 218 g/mol. The van der Waals surface area contributed by atoms with Crippen LogP contribution in [0.2, 0.25) is 0 Å². The van der Waals surface area contributed by atoms with Gasteiger partial charge in [-0.05, 0) is 24.1 Å². The Labute approximate surface area is 100 Å². The van der Waals surface area contributed by atoms with E-state index in [-0.39, 0.29) is 0 Å². The highest BCUT2D eigenvalue weighted by Gasteiger charge is 2.25. The maximum atomic E-state index is 5.64. The number of ether oxygens (including phenoxy) is 2. The lowest BCUT2D eigenvalue weighted by molar-refractivity contribution is 0.171. The normalized spacial score (nSPS) is 27.1. The number of hydrazine groups is 1. The Morgan fingerprint density at radius 3 is 2.76 bits per heavy atom. The zero-order valence-corrected chi connectivity index (χ0v) is 9.61. The highest BCUT2D eigenvalue weighted by molar-refractivity contribution is 5.44. The number of hydrogen-bond acceptors (Lipinski definition) is 5. The molecule has 0 aliphatic carbocycles. The molecule has 1 saturated heterocycles. The Bertz CT molecular complexity index is 411. The maximum Gasteiger partial charge on any atom is 0.161 e. The molecule has 5 heteroatoms. The molecular formula is C12H17N3O2. The van der Waals surface area contributed by atoms with Crippen molar-refractivity contribution in [3.63, 3.8) is 0 Å². The predicted molar refractivity (Wildman–Crippen MR) is 63.9 cm³/mol. The molecule has 2 heterocycles. The van der Waals surface area contributed by atoms with Crippen molar-refractivity contribution in [3.8, 4) is 11.5 Å². The molecule has 0 radical (unpaired) electrons. The molecule has 0 spiro atoms. The van der Waals surface area contributed by atoms with Gasteiger partial charge in [-0.2, -0.15) is 0 Å². The summed E-state index contributed by atoms with van der Waals surface area (Å²) in [5, 5.41) is 0. The number of benzene rings is 1. The summed E-state index contributed by atoms with van der Waals surface area (Å²) in [7, 11) is 0. The van der Waals surface area contributed by atoms with Gasteiger partial charge in [-0.25, -0.2) is 5.43 Å². The van der Waals surface area contributed by atoms with E-state index in [1.165, 1.54) is 5.56 Å². The lowest BCUT2D eigenvalue weighted by Crippen LogP contribution is -2.35. The summed E-state index contributed by atoms with van der Waals surface area (Å²) in [6, 6.07) is 6.73. The molecule has 0 bridgehead atoms. The molecule has 4 N–H and O–H groups in total. The first-order valence-electron chi connectivity index (χ1n) is 5.97. The van der Waals surface area contributed by atoms with Crippen molar-refractivity contribution in [2.75, 3.05) is 19.8 Å². The van der Waals surface area contributed by atoms with Gasteiger partial charge in [-0.15, -0.1) is 0 Å². The minimum Gasteiger partial charge on any atom is -0.486 e. The third kappa shape index (κ3) is 2.09. The average Bonchev–Trinajstić information content (AvgIpc) is 2.87. The molecule has 0 amide bonds. The summed E-state index contributed by atoms with van der Waals surface area (Å²) >= 11 is 0. The van der Waals surface area contributed by atoms with Gasteiger partial charge in [0.05, 0.1) is 0 Å². The van der Waals surface area contributed by atoms with Crippen molar-refractivity contribution >= 4 is 0 Å². The first-order chi connectivity index (χ1) is 8.36. The second-order valence-electron chi connectivity index (χ2n) is 4.41. The number of rotatable bonds is 2. The lowest BCUT2D eigenvalue weighted by Gasteiger charge is -2.20. The van der Waals surface area contributed by atoms with Crippen LogP contribution in [0.15, 0.2) is 18.2 Å². The fourth-order valence-corrected chi connectivity index (χ4v) is 2.27. The van der Waals surface area contributed by atoms with Gasteiger partial charge in [0.1, 0.15) is 13.2 Å². The SMILES string of the molecule is NCC1CC(c2ccc3c(c2)OCCO3)NN1. The van der Waals surface area contributed by atoms with Crippen molar-refractivity contribution in [2.45, 2.75) is 18.5 Å². The van der Waals surface area contributed by atoms with E-state index in [9.17, 15) is 0 Å². The Hall–Kier alpha value is -1.30. The second-order valence-corrected chi connectivity index (χ2v) is 4.41. The summed E-state index contributed by atoms with van der Waals surface area (Å²) in [4.78, 5) is 0. The minimum absolute atomic E-state index is 0.291. The summed E-state index contributed by atoms with van der Waals surface area (Å²) in [5.74, 6) is 1.67. The Balaban J connectivity index is 1.79. The molecule has 0 saturated carbocycles. The molecule has 1 aromatic rings. The monoisotopic (exact) mass is 235 g/mol. The molecule has 2 aliphatic heterocycles. The zero-order valence-electron chi connectivity index (χ0n) is 9.61. The van der Waals surface area contributed by atoms with Crippen LogP contribution in [0.25, 0.3) is 0 Å². The van der Waals surface area contributed by atoms with Crippen molar-refractivity contribution in [1.82, 2.24) is 10.9 Å². The highest BCUT2D eigenvalue weighted by Crippen LogP contribution is 2.34. The van der Waals surface area contributed by atoms with E-state index in [0.717, 1.165) is 17.9 Å². The molecule has 5 nitrogen and oxygen atoms in total. The van der Waals surface area contributed by atoms with Crippen LogP contribution in [-0.4, -0.2) is 25.8 Å². The largest absolute Gasteiger partial charge is 0.486 e. The number of nitrogens with two attached hydrogens (primary N) is 1. The standard InChI is InChI=1S/C12H17N3O2/c13-7-9-6-10(15-14-9)8-1-2-11-12(5-8)17-4-3-16-11/h1-2,5,9-10,14-15H,3-4,6-7,13H2. The molecule has 2 aliphatic rings. The molecule has 2 unspecified atom stereocenters. The smallest absolute Gasteiger partial charge is 0.161 e. The third-order valence-corrected chi connectivity index (χ3v) is 3.24. The molecule has 1 aromatic carbocycles. The zero-order chi connectivity index (χ0) is 11.7. The first kappa shape index (κ1) is 10.8. The van der Waals surface area contributed by atoms with Crippen molar-refractivity contribution in [1.29, 1.82) is 0 Å². The fraction of sp³-hybridized carbons (Fsp3) is 0.500. The summed E-state index contributed by atoms with van der Waals surface area (Å²) in [6.45, 7) is 1.90. The molecule has 1 fully saturated rings. The van der Waals surface area contributed by atoms with Gasteiger partial charge >= 0.3 is 0 Å². The van der Waals surface area contributed by atoms with Crippen LogP contribution in [0.5, 0.6) is 11.5 Å². The third-order valence-electron chi connectivity index (χ3n) is 3.24. The fourth-order valence-electron chi connectivity index (χ4n) is 2.27. The number of nitrogens with one attached hydrogen (secondary N) is 2. The molecule has 92 valence electrons. The topological polar surface area (TPSA) is 68.5 Å². The van der Waals surface area contributed by atoms with Crippen LogP contribution in [0.4, 0.5) is 0 Å². The molecule has 17 heavy (non-hydrogen) atoms. The van der Waals surface area contributed by atoms with Gasteiger partial charge in [-0.1, -0.05) is 6.07 Å². The van der Waals surface area contributed by atoms with E-state index in [4.69, 9.17) is 15.2 Å². The quantitative estimate of drug-likeness (QED) is 0.689. The van der Waals surface area contributed by atoms with Crippen molar-refractivity contribution in [2.24, 2.45) is 5.73 Å². The van der Waals surface area contributed by atoms with Crippen LogP contribution >= 0.6 is 0 Å². The minimum atomic E-state index is 0.291. The van der Waals surface area contributed by atoms with Crippen molar-refractivity contribution < 1.29 is 9.47 Å². The van der Waals surface area contributed by atoms with Gasteiger partial charge in [0, 0.05) is 18.6 Å². The van der Waals surface area contributed by atoms with Gasteiger partial charge in [0.15, 0.2) is 11.5 Å². The first-order valence-corrected chi connectivity index (χ1v) is 5.97. The molecule has 3 rings (SSSR count). The summed E-state index contributed by atoms with van der Waals surface area (Å²) < 4.78 is 11.1. The van der Waals surface area contributed by atoms with Gasteiger partial charge in [-0.3, -0.25) is 5.43 Å². The predicted octanol–water partition coefficient (Wildman–Crippen LogP) is 0.324. The Morgan fingerprint density at radius 2 is 2.00 bits per heavy atom. The van der Waals surface area contributed by atoms with Crippen LogP contribution in [-0.2, 0) is 0 Å². The van der Waals surface area contributed by atoms with E-state index in [1.54, 1.807) is 0 Å². The van der Waals surface area contributed by atoms with Crippen LogP contribution in [0.3, 0.4) is 0 Å². The average molecular weight is 235 g/mol. The van der Waals surface area contributed by atoms with E-state index < -0.39 is 0 Å².